The van der Waals surface area contributed by atoms with Gasteiger partial charge in [-0.25, -0.2) is 0 Å². The van der Waals surface area contributed by atoms with Crippen LogP contribution in [0.15, 0.2) is 24.3 Å². The molecule has 18 heavy (non-hydrogen) atoms. The van der Waals surface area contributed by atoms with E-state index in [4.69, 9.17) is 0 Å². The molecule has 0 aromatic heterocycles. The second-order valence-corrected chi connectivity index (χ2v) is 5.85. The van der Waals surface area contributed by atoms with Crippen LogP contribution >= 0.6 is 0 Å². The summed E-state index contributed by atoms with van der Waals surface area (Å²) in [5.74, 6) is 0. The summed E-state index contributed by atoms with van der Waals surface area (Å²) in [6.45, 7) is 3.26. The smallest absolute Gasteiger partial charge is 0.0570 e. The van der Waals surface area contributed by atoms with Crippen molar-refractivity contribution in [3.8, 4) is 0 Å². The van der Waals surface area contributed by atoms with Crippen LogP contribution < -0.4 is 0 Å². The summed E-state index contributed by atoms with van der Waals surface area (Å²) in [6, 6.07) is 10.3. The lowest BCUT2D eigenvalue weighted by Gasteiger charge is -2.37. The summed E-state index contributed by atoms with van der Waals surface area (Å²) in [7, 11) is 0. The molecule has 1 aromatic carbocycles. The SMILES string of the molecule is CCc1ccc(CN2C3CCC2CC(O)C3)cc1. The summed E-state index contributed by atoms with van der Waals surface area (Å²) < 4.78 is 0. The molecule has 1 N–H and O–H groups in total. The maximum atomic E-state index is 9.82. The minimum absolute atomic E-state index is 0.0544. The third-order valence-electron chi connectivity index (χ3n) is 4.66. The van der Waals surface area contributed by atoms with Gasteiger partial charge in [-0.1, -0.05) is 31.2 Å². The molecule has 98 valence electrons. The molecule has 2 atom stereocenters. The fraction of sp³-hybridized carbons (Fsp3) is 0.625. The van der Waals surface area contributed by atoms with Crippen molar-refractivity contribution in [2.45, 2.75) is 63.8 Å². The highest BCUT2D eigenvalue weighted by atomic mass is 16.3. The van der Waals surface area contributed by atoms with Gasteiger partial charge in [0, 0.05) is 18.6 Å². The Labute approximate surface area is 110 Å². The van der Waals surface area contributed by atoms with Crippen LogP contribution in [-0.4, -0.2) is 28.2 Å². The Morgan fingerprint density at radius 2 is 1.61 bits per heavy atom. The van der Waals surface area contributed by atoms with E-state index in [2.05, 4.69) is 36.1 Å². The van der Waals surface area contributed by atoms with E-state index in [0.717, 1.165) is 25.8 Å². The molecule has 3 rings (SSSR count). The lowest BCUT2D eigenvalue weighted by molar-refractivity contribution is 0.0310. The van der Waals surface area contributed by atoms with Gasteiger partial charge in [-0.05, 0) is 43.2 Å². The highest BCUT2D eigenvalue weighted by molar-refractivity contribution is 5.22. The van der Waals surface area contributed by atoms with Crippen LogP contribution in [0.5, 0.6) is 0 Å². The number of piperidine rings is 1. The van der Waals surface area contributed by atoms with Gasteiger partial charge in [0.2, 0.25) is 0 Å². The maximum Gasteiger partial charge on any atom is 0.0570 e. The van der Waals surface area contributed by atoms with Gasteiger partial charge in [0.15, 0.2) is 0 Å². The zero-order valence-corrected chi connectivity index (χ0v) is 11.2. The largest absolute Gasteiger partial charge is 0.393 e. The van der Waals surface area contributed by atoms with E-state index in [1.165, 1.54) is 24.0 Å². The molecule has 1 aromatic rings. The Hall–Kier alpha value is -0.860. The Kier molecular flexibility index (Phi) is 3.40. The van der Waals surface area contributed by atoms with Crippen molar-refractivity contribution in [2.75, 3.05) is 0 Å². The predicted molar refractivity (Wildman–Crippen MR) is 73.4 cm³/mol. The molecule has 2 heteroatoms. The average Bonchev–Trinajstić information content (AvgIpc) is 2.62. The molecule has 2 bridgehead atoms. The van der Waals surface area contributed by atoms with Gasteiger partial charge >= 0.3 is 0 Å². The third-order valence-corrected chi connectivity index (χ3v) is 4.66. The highest BCUT2D eigenvalue weighted by Gasteiger charge is 2.39. The second kappa shape index (κ2) is 5.02. The summed E-state index contributed by atoms with van der Waals surface area (Å²) in [4.78, 5) is 2.62. The molecule has 2 unspecified atom stereocenters. The van der Waals surface area contributed by atoms with Crippen LogP contribution in [-0.2, 0) is 13.0 Å². The highest BCUT2D eigenvalue weighted by Crippen LogP contribution is 2.36. The van der Waals surface area contributed by atoms with Gasteiger partial charge in [0.05, 0.1) is 6.10 Å². The van der Waals surface area contributed by atoms with Gasteiger partial charge in [-0.3, -0.25) is 4.90 Å². The number of rotatable bonds is 3. The van der Waals surface area contributed by atoms with E-state index in [-0.39, 0.29) is 6.10 Å². The first-order valence-corrected chi connectivity index (χ1v) is 7.28. The van der Waals surface area contributed by atoms with Crippen LogP contribution in [0.25, 0.3) is 0 Å². The molecule has 2 heterocycles. The average molecular weight is 245 g/mol. The van der Waals surface area contributed by atoms with Crippen molar-refractivity contribution < 1.29 is 5.11 Å². The van der Waals surface area contributed by atoms with E-state index < -0.39 is 0 Å². The molecule has 0 radical (unpaired) electrons. The number of hydrogen-bond donors (Lipinski definition) is 1. The standard InChI is InChI=1S/C16H23NO/c1-2-12-3-5-13(6-4-12)11-17-14-7-8-15(17)10-16(18)9-14/h3-6,14-16,18H,2,7-11H2,1H3. The quantitative estimate of drug-likeness (QED) is 0.885. The van der Waals surface area contributed by atoms with Crippen molar-refractivity contribution in [3.63, 3.8) is 0 Å². The molecule has 0 saturated carbocycles. The fourth-order valence-corrected chi connectivity index (χ4v) is 3.59. The van der Waals surface area contributed by atoms with E-state index in [9.17, 15) is 5.11 Å². The molecule has 2 nitrogen and oxygen atoms in total. The zero-order chi connectivity index (χ0) is 12.5. The van der Waals surface area contributed by atoms with E-state index in [1.807, 2.05) is 0 Å². The Morgan fingerprint density at radius 1 is 1.06 bits per heavy atom. The van der Waals surface area contributed by atoms with Crippen molar-refractivity contribution in [2.24, 2.45) is 0 Å². The van der Waals surface area contributed by atoms with Crippen molar-refractivity contribution in [3.05, 3.63) is 35.4 Å². The van der Waals surface area contributed by atoms with Gasteiger partial charge in [0.25, 0.3) is 0 Å². The molecular formula is C16H23NO. The number of aliphatic hydroxyl groups is 1. The Balaban J connectivity index is 1.69. The minimum atomic E-state index is -0.0544. The molecule has 0 amide bonds. The predicted octanol–water partition coefficient (Wildman–Crippen LogP) is 2.74. The van der Waals surface area contributed by atoms with Gasteiger partial charge < -0.3 is 5.11 Å². The molecule has 0 aliphatic carbocycles. The van der Waals surface area contributed by atoms with Crippen molar-refractivity contribution >= 4 is 0 Å². The van der Waals surface area contributed by atoms with Crippen LogP contribution in [0.3, 0.4) is 0 Å². The van der Waals surface area contributed by atoms with E-state index >= 15 is 0 Å². The van der Waals surface area contributed by atoms with Gasteiger partial charge in [-0.2, -0.15) is 0 Å². The number of benzene rings is 1. The van der Waals surface area contributed by atoms with Crippen molar-refractivity contribution in [1.82, 2.24) is 4.90 Å². The number of aryl methyl sites for hydroxylation is 1. The lowest BCUT2D eigenvalue weighted by Crippen LogP contribution is -2.44. The van der Waals surface area contributed by atoms with Crippen LogP contribution in [0.2, 0.25) is 0 Å². The van der Waals surface area contributed by atoms with Crippen LogP contribution in [0, 0.1) is 0 Å². The number of hydrogen-bond acceptors (Lipinski definition) is 2. The first kappa shape index (κ1) is 12.2. The molecule has 2 fully saturated rings. The van der Waals surface area contributed by atoms with E-state index in [0.29, 0.717) is 12.1 Å². The molecule has 0 spiro atoms. The summed E-state index contributed by atoms with van der Waals surface area (Å²) in [5.41, 5.74) is 2.83. The van der Waals surface area contributed by atoms with Gasteiger partial charge in [0.1, 0.15) is 0 Å². The number of nitrogens with zero attached hydrogens (tertiary/aromatic N) is 1. The zero-order valence-electron chi connectivity index (χ0n) is 11.2. The second-order valence-electron chi connectivity index (χ2n) is 5.85. The monoisotopic (exact) mass is 245 g/mol. The number of aliphatic hydroxyl groups excluding tert-OH is 1. The van der Waals surface area contributed by atoms with Crippen LogP contribution in [0.1, 0.15) is 43.7 Å². The fourth-order valence-electron chi connectivity index (χ4n) is 3.59. The molecule has 2 saturated heterocycles. The normalized spacial score (nSPS) is 31.8. The Morgan fingerprint density at radius 3 is 2.17 bits per heavy atom. The number of fused-ring (bicyclic) bond motifs is 2. The first-order chi connectivity index (χ1) is 8.76. The lowest BCUT2D eigenvalue weighted by atomic mass is 9.99. The first-order valence-electron chi connectivity index (χ1n) is 7.28. The molecular weight excluding hydrogens is 222 g/mol. The van der Waals surface area contributed by atoms with Gasteiger partial charge in [-0.15, -0.1) is 0 Å². The Bertz CT molecular complexity index is 386. The van der Waals surface area contributed by atoms with E-state index in [1.54, 1.807) is 0 Å². The molecule has 2 aliphatic heterocycles. The third kappa shape index (κ3) is 2.32. The maximum absolute atomic E-state index is 9.82. The van der Waals surface area contributed by atoms with Crippen LogP contribution in [0.4, 0.5) is 0 Å². The molecule has 2 aliphatic rings. The summed E-state index contributed by atoms with van der Waals surface area (Å²) in [5, 5.41) is 9.82. The summed E-state index contributed by atoms with van der Waals surface area (Å²) in [6.07, 6.45) is 5.55. The summed E-state index contributed by atoms with van der Waals surface area (Å²) >= 11 is 0. The minimum Gasteiger partial charge on any atom is -0.393 e. The topological polar surface area (TPSA) is 23.5 Å². The van der Waals surface area contributed by atoms with Crippen molar-refractivity contribution in [1.29, 1.82) is 0 Å².